The summed E-state index contributed by atoms with van der Waals surface area (Å²) in [4.78, 5) is 4.46. The molecule has 0 amide bonds. The van der Waals surface area contributed by atoms with Gasteiger partial charge in [-0.15, -0.1) is 0 Å². The minimum atomic E-state index is -0.674. The molecular formula is C24H24FNO4. The maximum atomic E-state index is 13.5. The van der Waals surface area contributed by atoms with Crippen LogP contribution in [0.25, 0.3) is 0 Å². The van der Waals surface area contributed by atoms with Gasteiger partial charge in [0.25, 0.3) is 0 Å². The van der Waals surface area contributed by atoms with Gasteiger partial charge in [-0.3, -0.25) is 4.98 Å². The van der Waals surface area contributed by atoms with Crippen LogP contribution in [0.5, 0.6) is 11.5 Å². The summed E-state index contributed by atoms with van der Waals surface area (Å²) in [6, 6.07) is 17.2. The van der Waals surface area contributed by atoms with E-state index in [0.717, 1.165) is 24.8 Å². The average Bonchev–Trinajstić information content (AvgIpc) is 2.79. The van der Waals surface area contributed by atoms with Crippen molar-refractivity contribution in [1.29, 1.82) is 0 Å². The van der Waals surface area contributed by atoms with Gasteiger partial charge in [0.1, 0.15) is 24.2 Å². The Bertz CT molecular complexity index is 943. The lowest BCUT2D eigenvalue weighted by Gasteiger charge is -2.28. The van der Waals surface area contributed by atoms with Crippen LogP contribution in [0.1, 0.15) is 42.2 Å². The summed E-state index contributed by atoms with van der Waals surface area (Å²) in [6.07, 6.45) is 3.19. The summed E-state index contributed by atoms with van der Waals surface area (Å²) in [7, 11) is 0. The van der Waals surface area contributed by atoms with Gasteiger partial charge in [0.15, 0.2) is 17.8 Å². The third kappa shape index (κ3) is 4.96. The predicted octanol–water partition coefficient (Wildman–Crippen LogP) is 5.14. The van der Waals surface area contributed by atoms with Crippen LogP contribution < -0.4 is 4.74 Å². The van der Waals surface area contributed by atoms with E-state index in [2.05, 4.69) is 4.98 Å². The van der Waals surface area contributed by atoms with Crippen molar-refractivity contribution < 1.29 is 23.7 Å². The smallest absolute Gasteiger partial charge is 0.185 e. The zero-order valence-electron chi connectivity index (χ0n) is 16.5. The topological polar surface area (TPSA) is 60.8 Å². The van der Waals surface area contributed by atoms with Gasteiger partial charge < -0.3 is 19.3 Å². The van der Waals surface area contributed by atoms with Crippen molar-refractivity contribution in [3.05, 3.63) is 89.5 Å². The highest BCUT2D eigenvalue weighted by Crippen LogP contribution is 2.39. The summed E-state index contributed by atoms with van der Waals surface area (Å²) in [5.41, 5.74) is 2.08. The molecule has 1 aliphatic heterocycles. The largest absolute Gasteiger partial charge is 0.504 e. The number of nitrogens with zero attached hydrogens (tertiary/aromatic N) is 1. The van der Waals surface area contributed by atoms with E-state index in [4.69, 9.17) is 14.2 Å². The summed E-state index contributed by atoms with van der Waals surface area (Å²) < 4.78 is 31.5. The maximum absolute atomic E-state index is 13.5. The fraction of sp³-hybridized carbons (Fsp3) is 0.292. The van der Waals surface area contributed by atoms with Crippen molar-refractivity contribution in [3.8, 4) is 11.5 Å². The Labute approximate surface area is 175 Å². The average molecular weight is 409 g/mol. The zero-order valence-corrected chi connectivity index (χ0v) is 16.5. The van der Waals surface area contributed by atoms with Gasteiger partial charge in [-0.2, -0.15) is 0 Å². The van der Waals surface area contributed by atoms with E-state index < -0.39 is 12.4 Å². The molecule has 2 atom stereocenters. The Balaban J connectivity index is 1.66. The number of halogens is 1. The molecule has 0 saturated carbocycles. The van der Waals surface area contributed by atoms with E-state index >= 15 is 0 Å². The Kier molecular flexibility index (Phi) is 6.57. The van der Waals surface area contributed by atoms with Crippen molar-refractivity contribution in [3.63, 3.8) is 0 Å². The van der Waals surface area contributed by atoms with Crippen molar-refractivity contribution in [2.24, 2.45) is 0 Å². The molecule has 2 aromatic carbocycles. The number of aromatic hydroxyl groups is 1. The van der Waals surface area contributed by atoms with Crippen LogP contribution in [0.4, 0.5) is 4.39 Å². The van der Waals surface area contributed by atoms with Gasteiger partial charge in [-0.25, -0.2) is 4.39 Å². The molecule has 0 spiro atoms. The van der Waals surface area contributed by atoms with Gasteiger partial charge in [0.05, 0.1) is 0 Å². The minimum Gasteiger partial charge on any atom is -0.504 e. The third-order valence-electron chi connectivity index (χ3n) is 4.98. The molecule has 1 aliphatic rings. The zero-order chi connectivity index (χ0) is 20.8. The number of hydrogen-bond acceptors (Lipinski definition) is 5. The summed E-state index contributed by atoms with van der Waals surface area (Å²) in [5, 5.41) is 10.5. The van der Waals surface area contributed by atoms with E-state index in [1.54, 1.807) is 12.1 Å². The summed E-state index contributed by atoms with van der Waals surface area (Å²) in [5.74, 6) is -0.126. The molecular weight excluding hydrogens is 385 g/mol. The molecule has 1 N–H and O–H groups in total. The van der Waals surface area contributed by atoms with Crippen LogP contribution in [0.3, 0.4) is 0 Å². The van der Waals surface area contributed by atoms with Crippen LogP contribution in [0.2, 0.25) is 0 Å². The van der Waals surface area contributed by atoms with Gasteiger partial charge >= 0.3 is 0 Å². The van der Waals surface area contributed by atoms with Crippen molar-refractivity contribution >= 4 is 0 Å². The fourth-order valence-corrected chi connectivity index (χ4v) is 3.43. The lowest BCUT2D eigenvalue weighted by Crippen LogP contribution is -2.25. The predicted molar refractivity (Wildman–Crippen MR) is 110 cm³/mol. The molecule has 0 bridgehead atoms. The van der Waals surface area contributed by atoms with Gasteiger partial charge in [-0.05, 0) is 42.5 Å². The molecule has 1 aromatic heterocycles. The van der Waals surface area contributed by atoms with Crippen molar-refractivity contribution in [1.82, 2.24) is 4.98 Å². The molecule has 5 nitrogen and oxygen atoms in total. The Morgan fingerprint density at radius 1 is 1.07 bits per heavy atom. The van der Waals surface area contributed by atoms with Gasteiger partial charge in [0.2, 0.25) is 0 Å². The number of pyridine rings is 1. The van der Waals surface area contributed by atoms with E-state index in [1.165, 1.54) is 24.4 Å². The molecule has 0 radical (unpaired) electrons. The maximum Gasteiger partial charge on any atom is 0.185 e. The SMILES string of the molecule is Oc1ccnc(C(OC2CCCCO2)c2ccc(F)cc2)c1OCc1ccccc1. The second kappa shape index (κ2) is 9.69. The standard InChI is InChI=1S/C24H24FNO4/c25-19-11-9-18(10-12-19)23(30-21-8-4-5-15-28-21)22-24(20(27)13-14-26-22)29-16-17-6-2-1-3-7-17/h1-3,6-7,9-14,21,23H,4-5,8,15-16H2,(H,26,27). The van der Waals surface area contributed by atoms with Gasteiger partial charge in [0, 0.05) is 18.9 Å². The number of benzene rings is 2. The molecule has 1 saturated heterocycles. The lowest BCUT2D eigenvalue weighted by molar-refractivity contribution is -0.182. The molecule has 6 heteroatoms. The monoisotopic (exact) mass is 409 g/mol. The number of ether oxygens (including phenoxy) is 3. The summed E-state index contributed by atoms with van der Waals surface area (Å²) in [6.45, 7) is 0.898. The van der Waals surface area contributed by atoms with Crippen LogP contribution in [-0.2, 0) is 16.1 Å². The molecule has 4 rings (SSSR count). The van der Waals surface area contributed by atoms with E-state index in [0.29, 0.717) is 17.9 Å². The first-order valence-electron chi connectivity index (χ1n) is 10.1. The van der Waals surface area contributed by atoms with Crippen LogP contribution in [-0.4, -0.2) is 23.0 Å². The highest BCUT2D eigenvalue weighted by atomic mass is 19.1. The first-order valence-corrected chi connectivity index (χ1v) is 10.1. The molecule has 156 valence electrons. The Morgan fingerprint density at radius 2 is 1.87 bits per heavy atom. The Hall–Kier alpha value is -2.96. The Morgan fingerprint density at radius 3 is 2.60 bits per heavy atom. The first kappa shape index (κ1) is 20.3. The number of rotatable bonds is 7. The number of hydrogen-bond donors (Lipinski definition) is 1. The molecule has 2 heterocycles. The molecule has 3 aromatic rings. The second-order valence-electron chi connectivity index (χ2n) is 7.18. The quantitative estimate of drug-likeness (QED) is 0.586. The lowest BCUT2D eigenvalue weighted by atomic mass is 10.0. The second-order valence-corrected chi connectivity index (χ2v) is 7.18. The van der Waals surface area contributed by atoms with E-state index in [-0.39, 0.29) is 23.9 Å². The van der Waals surface area contributed by atoms with E-state index in [9.17, 15) is 9.50 Å². The highest BCUT2D eigenvalue weighted by Gasteiger charge is 2.28. The fourth-order valence-electron chi connectivity index (χ4n) is 3.43. The van der Waals surface area contributed by atoms with Crippen LogP contribution in [0.15, 0.2) is 66.9 Å². The van der Waals surface area contributed by atoms with Crippen LogP contribution >= 0.6 is 0 Å². The minimum absolute atomic E-state index is 0.0313. The van der Waals surface area contributed by atoms with Gasteiger partial charge in [-0.1, -0.05) is 42.5 Å². The molecule has 0 aliphatic carbocycles. The molecule has 30 heavy (non-hydrogen) atoms. The van der Waals surface area contributed by atoms with Crippen LogP contribution in [0, 0.1) is 5.82 Å². The molecule has 2 unspecified atom stereocenters. The summed E-state index contributed by atoms with van der Waals surface area (Å²) >= 11 is 0. The number of aromatic nitrogens is 1. The van der Waals surface area contributed by atoms with Crippen molar-refractivity contribution in [2.45, 2.75) is 38.3 Å². The third-order valence-corrected chi connectivity index (χ3v) is 4.98. The molecule has 1 fully saturated rings. The highest BCUT2D eigenvalue weighted by molar-refractivity contribution is 5.45. The van der Waals surface area contributed by atoms with E-state index in [1.807, 2.05) is 30.3 Å². The normalized spacial score (nSPS) is 17.4. The first-order chi connectivity index (χ1) is 14.7. The van der Waals surface area contributed by atoms with Crippen molar-refractivity contribution in [2.75, 3.05) is 6.61 Å².